The van der Waals surface area contributed by atoms with Gasteiger partial charge >= 0.3 is 11.7 Å². The van der Waals surface area contributed by atoms with Crippen molar-refractivity contribution in [2.45, 2.75) is 11.7 Å². The van der Waals surface area contributed by atoms with Crippen molar-refractivity contribution >= 4 is 11.6 Å². The molecule has 0 unspecified atom stereocenters. The van der Waals surface area contributed by atoms with Gasteiger partial charge in [0.2, 0.25) is 0 Å². The van der Waals surface area contributed by atoms with Gasteiger partial charge < -0.3 is 0 Å². The zero-order valence-corrected chi connectivity index (χ0v) is 5.14. The summed E-state index contributed by atoms with van der Waals surface area (Å²) in [6.45, 7) is -1.86. The Labute approximate surface area is 57.7 Å². The first kappa shape index (κ1) is 9.90. The van der Waals surface area contributed by atoms with E-state index in [0.717, 1.165) is 0 Å². The molecular weight excluding hydrogens is 182 g/mol. The van der Waals surface area contributed by atoms with Crippen molar-refractivity contribution in [1.82, 2.24) is 0 Å². The molecule has 0 aliphatic carbocycles. The van der Waals surface area contributed by atoms with Gasteiger partial charge in [0.05, 0.1) is 0 Å². The predicted octanol–water partition coefficient (Wildman–Crippen LogP) is 2.35. The third-order valence-corrected chi connectivity index (χ3v) is 0.509. The lowest BCUT2D eigenvalue weighted by Crippen LogP contribution is -2.23. The van der Waals surface area contributed by atoms with Crippen LogP contribution in [-0.4, -0.2) is 18.4 Å². The average Bonchev–Trinajstić information content (AvgIpc) is 1.57. The molecule has 0 N–H and O–H groups in total. The van der Waals surface area contributed by atoms with Crippen LogP contribution in [0.5, 0.6) is 0 Å². The lowest BCUT2D eigenvalue weighted by atomic mass is 10.7. The highest BCUT2D eigenvalue weighted by atomic mass is 35.5. The van der Waals surface area contributed by atoms with Crippen LogP contribution in [0.25, 0.3) is 0 Å². The lowest BCUT2D eigenvalue weighted by Gasteiger charge is -2.09. The molecule has 0 aromatic rings. The zero-order chi connectivity index (χ0) is 8.41. The number of halogens is 6. The number of hydrogen-bond acceptors (Lipinski definition) is 1. The Morgan fingerprint density at radius 3 is 1.60 bits per heavy atom. The van der Waals surface area contributed by atoms with Gasteiger partial charge in [-0.3, -0.25) is 4.74 Å². The molecule has 0 heterocycles. The monoisotopic (exact) mass is 184 g/mol. The van der Waals surface area contributed by atoms with Gasteiger partial charge in [0.25, 0.3) is 0 Å². The van der Waals surface area contributed by atoms with E-state index < -0.39 is 18.4 Å². The van der Waals surface area contributed by atoms with Gasteiger partial charge in [-0.15, -0.1) is 13.2 Å². The Hall–Kier alpha value is -0.100. The first-order chi connectivity index (χ1) is 4.21. The molecule has 7 heteroatoms. The minimum atomic E-state index is -5.06. The van der Waals surface area contributed by atoms with Crippen molar-refractivity contribution in [3.63, 3.8) is 0 Å². The van der Waals surface area contributed by atoms with Crippen LogP contribution >= 0.6 is 11.6 Å². The molecular formula is C3H2ClF5O. The molecule has 0 spiro atoms. The van der Waals surface area contributed by atoms with Crippen molar-refractivity contribution in [1.29, 1.82) is 0 Å². The Morgan fingerprint density at radius 1 is 1.10 bits per heavy atom. The zero-order valence-electron chi connectivity index (χ0n) is 4.38. The van der Waals surface area contributed by atoms with E-state index in [1.807, 2.05) is 0 Å². The van der Waals surface area contributed by atoms with Crippen molar-refractivity contribution in [3.8, 4) is 0 Å². The molecule has 1 nitrogen and oxygen atoms in total. The maximum absolute atomic E-state index is 11.4. The van der Waals surface area contributed by atoms with E-state index in [0.29, 0.717) is 0 Å². The maximum atomic E-state index is 11.4. The molecule has 0 atom stereocenters. The van der Waals surface area contributed by atoms with E-state index in [-0.39, 0.29) is 0 Å². The number of hydrogen-bond donors (Lipinski definition) is 0. The third-order valence-electron chi connectivity index (χ3n) is 0.399. The molecule has 0 aromatic heterocycles. The number of ether oxygens (including phenoxy) is 1. The van der Waals surface area contributed by atoms with Gasteiger partial charge in [0.15, 0.2) is 0 Å². The summed E-state index contributed by atoms with van der Waals surface area (Å²) >= 11 is 4.08. The van der Waals surface area contributed by atoms with E-state index in [4.69, 9.17) is 0 Å². The molecule has 0 aromatic carbocycles. The summed E-state index contributed by atoms with van der Waals surface area (Å²) in [5.74, 6) is 0. The van der Waals surface area contributed by atoms with Crippen LogP contribution in [0, 0.1) is 0 Å². The second-order valence-electron chi connectivity index (χ2n) is 1.35. The van der Waals surface area contributed by atoms with E-state index in [9.17, 15) is 22.0 Å². The van der Waals surface area contributed by atoms with Crippen molar-refractivity contribution in [2.24, 2.45) is 0 Å². The Bertz CT molecular complexity index is 90.4. The third kappa shape index (κ3) is 7.90. The standard InChI is InChI=1S/C3H2ClF5O/c4-2(5,6)1-10-3(7,8)9/h1H2. The molecule has 0 aliphatic rings. The highest BCUT2D eigenvalue weighted by Crippen LogP contribution is 2.24. The van der Waals surface area contributed by atoms with Crippen molar-refractivity contribution in [3.05, 3.63) is 0 Å². The predicted molar refractivity (Wildman–Crippen MR) is 22.8 cm³/mol. The Kier molecular flexibility index (Phi) is 2.85. The summed E-state index contributed by atoms with van der Waals surface area (Å²) in [6, 6.07) is 0. The molecule has 0 saturated heterocycles. The fourth-order valence-electron chi connectivity index (χ4n) is 0.164. The quantitative estimate of drug-likeness (QED) is 0.473. The first-order valence-corrected chi connectivity index (χ1v) is 2.36. The van der Waals surface area contributed by atoms with E-state index in [1.54, 1.807) is 0 Å². The topological polar surface area (TPSA) is 9.23 Å². The van der Waals surface area contributed by atoms with Gasteiger partial charge in [-0.25, -0.2) is 0 Å². The lowest BCUT2D eigenvalue weighted by molar-refractivity contribution is -0.335. The molecule has 10 heavy (non-hydrogen) atoms. The molecule has 0 saturated carbocycles. The summed E-state index contributed by atoms with van der Waals surface area (Å²) < 4.78 is 58.4. The molecule has 0 bridgehead atoms. The first-order valence-electron chi connectivity index (χ1n) is 1.98. The van der Waals surface area contributed by atoms with E-state index >= 15 is 0 Å². The summed E-state index contributed by atoms with van der Waals surface area (Å²) in [4.78, 5) is 0. The van der Waals surface area contributed by atoms with Crippen LogP contribution < -0.4 is 0 Å². The molecule has 0 amide bonds. The average molecular weight is 184 g/mol. The van der Waals surface area contributed by atoms with Crippen LogP contribution in [0.15, 0.2) is 0 Å². The number of rotatable bonds is 2. The molecule has 62 valence electrons. The van der Waals surface area contributed by atoms with E-state index in [1.165, 1.54) is 0 Å². The fourth-order valence-corrected chi connectivity index (χ4v) is 0.218. The highest BCUT2D eigenvalue weighted by Gasteiger charge is 2.36. The minimum Gasteiger partial charge on any atom is -0.284 e. The molecule has 0 radical (unpaired) electrons. The van der Waals surface area contributed by atoms with Gasteiger partial charge in [0.1, 0.15) is 6.61 Å². The summed E-state index contributed by atoms with van der Waals surface area (Å²) in [5.41, 5.74) is 0. The Morgan fingerprint density at radius 2 is 1.50 bits per heavy atom. The summed E-state index contributed by atoms with van der Waals surface area (Å²) in [6.07, 6.45) is -5.06. The molecule has 0 rings (SSSR count). The fraction of sp³-hybridized carbons (Fsp3) is 1.00. The van der Waals surface area contributed by atoms with Gasteiger partial charge in [0, 0.05) is 0 Å². The summed E-state index contributed by atoms with van der Waals surface area (Å²) in [5, 5.41) is -3.96. The number of alkyl halides is 6. The van der Waals surface area contributed by atoms with Crippen molar-refractivity contribution in [2.75, 3.05) is 6.61 Å². The van der Waals surface area contributed by atoms with E-state index in [2.05, 4.69) is 16.3 Å². The van der Waals surface area contributed by atoms with Crippen LogP contribution in [0.4, 0.5) is 22.0 Å². The maximum Gasteiger partial charge on any atom is 0.522 e. The smallest absolute Gasteiger partial charge is 0.284 e. The molecule has 0 fully saturated rings. The van der Waals surface area contributed by atoms with Crippen LogP contribution in [0.1, 0.15) is 0 Å². The molecule has 0 aliphatic heterocycles. The Balaban J connectivity index is 3.56. The second kappa shape index (κ2) is 2.87. The van der Waals surface area contributed by atoms with Crippen LogP contribution in [-0.2, 0) is 4.74 Å². The summed E-state index contributed by atoms with van der Waals surface area (Å²) in [7, 11) is 0. The van der Waals surface area contributed by atoms with Gasteiger partial charge in [-0.1, -0.05) is 0 Å². The highest BCUT2D eigenvalue weighted by molar-refractivity contribution is 6.21. The largest absolute Gasteiger partial charge is 0.522 e. The normalized spacial score (nSPS) is 13.8. The van der Waals surface area contributed by atoms with Gasteiger partial charge in [-0.2, -0.15) is 8.78 Å². The van der Waals surface area contributed by atoms with Crippen molar-refractivity contribution < 1.29 is 26.7 Å². The van der Waals surface area contributed by atoms with Crippen LogP contribution in [0.3, 0.4) is 0 Å². The van der Waals surface area contributed by atoms with Crippen LogP contribution in [0.2, 0.25) is 0 Å². The van der Waals surface area contributed by atoms with Gasteiger partial charge in [-0.05, 0) is 11.6 Å². The SMILES string of the molecule is FC(F)(Cl)COC(F)(F)F. The second-order valence-corrected chi connectivity index (χ2v) is 1.90. The minimum absolute atomic E-state index is 1.86.